The van der Waals surface area contributed by atoms with Crippen LogP contribution < -0.4 is 0 Å². The molecule has 29 heavy (non-hydrogen) atoms. The first kappa shape index (κ1) is 17.6. The third-order valence-electron chi connectivity index (χ3n) is 4.95. The van der Waals surface area contributed by atoms with Gasteiger partial charge in [0, 0.05) is 28.8 Å². The van der Waals surface area contributed by atoms with E-state index in [2.05, 4.69) is 15.2 Å². The van der Waals surface area contributed by atoms with Gasteiger partial charge in [-0.25, -0.2) is 14.5 Å². The van der Waals surface area contributed by atoms with Gasteiger partial charge < -0.3 is 0 Å². The van der Waals surface area contributed by atoms with Crippen molar-refractivity contribution in [3.05, 3.63) is 78.0 Å². The molecule has 0 aliphatic carbocycles. The zero-order chi connectivity index (χ0) is 20.0. The average Bonchev–Trinajstić information content (AvgIpc) is 3.29. The lowest BCUT2D eigenvalue weighted by molar-refractivity contribution is 0.776. The van der Waals surface area contributed by atoms with E-state index in [1.807, 2.05) is 84.0 Å². The molecule has 0 aliphatic rings. The van der Waals surface area contributed by atoms with Crippen LogP contribution in [-0.4, -0.2) is 29.4 Å². The quantitative estimate of drug-likeness (QED) is 0.435. The molecule has 5 rings (SSSR count). The summed E-state index contributed by atoms with van der Waals surface area (Å²) in [6.07, 6.45) is 3.41. The Balaban J connectivity index is 1.81. The lowest BCUT2D eigenvalue weighted by Crippen LogP contribution is -1.98. The van der Waals surface area contributed by atoms with Crippen LogP contribution >= 0.6 is 11.6 Å². The third-order valence-corrected chi connectivity index (χ3v) is 5.21. The molecule has 0 aliphatic heterocycles. The van der Waals surface area contributed by atoms with Gasteiger partial charge in [-0.3, -0.25) is 4.68 Å². The first-order valence-electron chi connectivity index (χ1n) is 9.17. The second kappa shape index (κ2) is 6.83. The van der Waals surface area contributed by atoms with E-state index < -0.39 is 0 Å². The fourth-order valence-electron chi connectivity index (χ4n) is 3.63. The highest BCUT2D eigenvalue weighted by molar-refractivity contribution is 6.30. The number of rotatable bonds is 3. The Morgan fingerprint density at radius 1 is 0.862 bits per heavy atom. The molecule has 0 fully saturated rings. The van der Waals surface area contributed by atoms with Crippen LogP contribution in [0.3, 0.4) is 0 Å². The van der Waals surface area contributed by atoms with E-state index in [-0.39, 0.29) is 0 Å². The average molecular weight is 401 g/mol. The molecule has 0 saturated carbocycles. The third kappa shape index (κ3) is 2.89. The van der Waals surface area contributed by atoms with Crippen LogP contribution in [0.2, 0.25) is 5.02 Å². The number of imidazole rings is 1. The first-order valence-corrected chi connectivity index (χ1v) is 9.55. The summed E-state index contributed by atoms with van der Waals surface area (Å²) in [5.74, 6) is 0.792. The fraction of sp³-hybridized carbons (Fsp3) is 0.0909. The maximum absolute atomic E-state index is 6.09. The number of nitrogens with zero attached hydrogens (tertiary/aromatic N) is 6. The van der Waals surface area contributed by atoms with Crippen LogP contribution in [0, 0.1) is 6.92 Å². The van der Waals surface area contributed by atoms with E-state index in [0.29, 0.717) is 5.02 Å². The molecule has 142 valence electrons. The Bertz CT molecular complexity index is 1320. The molecule has 0 N–H and O–H groups in total. The van der Waals surface area contributed by atoms with Crippen LogP contribution in [0.1, 0.15) is 5.82 Å². The molecular formula is C22H17ClN6. The summed E-state index contributed by atoms with van der Waals surface area (Å²) >= 11 is 6.09. The number of benzene rings is 2. The van der Waals surface area contributed by atoms with E-state index in [1.54, 1.807) is 6.33 Å². The summed E-state index contributed by atoms with van der Waals surface area (Å²) in [4.78, 5) is 9.43. The molecule has 0 unspecified atom stereocenters. The van der Waals surface area contributed by atoms with Crippen molar-refractivity contribution >= 4 is 17.1 Å². The molecule has 0 spiro atoms. The molecule has 0 atom stereocenters. The van der Waals surface area contributed by atoms with Gasteiger partial charge in [-0.15, -0.1) is 0 Å². The van der Waals surface area contributed by atoms with Crippen molar-refractivity contribution in [1.29, 1.82) is 0 Å². The van der Waals surface area contributed by atoms with Crippen molar-refractivity contribution in [2.45, 2.75) is 6.92 Å². The zero-order valence-corrected chi connectivity index (χ0v) is 16.7. The van der Waals surface area contributed by atoms with Crippen molar-refractivity contribution in [3.8, 4) is 33.8 Å². The van der Waals surface area contributed by atoms with Gasteiger partial charge in [0.15, 0.2) is 0 Å². The van der Waals surface area contributed by atoms with E-state index in [0.717, 1.165) is 45.1 Å². The van der Waals surface area contributed by atoms with E-state index in [4.69, 9.17) is 16.6 Å². The Morgan fingerprint density at radius 3 is 2.38 bits per heavy atom. The minimum Gasteiger partial charge on any atom is -0.267 e. The SMILES string of the molecule is Cc1nc(-c2cnn(C)c2-c2ccc(Cl)cc2)c2c(-c3ccccc3)ncnn12. The Morgan fingerprint density at radius 2 is 1.62 bits per heavy atom. The number of hydrogen-bond donors (Lipinski definition) is 0. The van der Waals surface area contributed by atoms with Gasteiger partial charge in [0.25, 0.3) is 0 Å². The minimum absolute atomic E-state index is 0.695. The summed E-state index contributed by atoms with van der Waals surface area (Å²) < 4.78 is 3.69. The van der Waals surface area contributed by atoms with Crippen molar-refractivity contribution in [2.24, 2.45) is 7.05 Å². The second-order valence-corrected chi connectivity index (χ2v) is 7.22. The summed E-state index contributed by atoms with van der Waals surface area (Å²) in [5.41, 5.74) is 6.41. The van der Waals surface area contributed by atoms with Crippen molar-refractivity contribution < 1.29 is 0 Å². The molecule has 3 aromatic heterocycles. The van der Waals surface area contributed by atoms with E-state index in [9.17, 15) is 0 Å². The van der Waals surface area contributed by atoms with Crippen LogP contribution in [-0.2, 0) is 7.05 Å². The Labute approximate surface area is 172 Å². The van der Waals surface area contributed by atoms with Crippen LogP contribution in [0.4, 0.5) is 0 Å². The predicted molar refractivity (Wildman–Crippen MR) is 114 cm³/mol. The molecular weight excluding hydrogens is 384 g/mol. The van der Waals surface area contributed by atoms with Gasteiger partial charge >= 0.3 is 0 Å². The largest absolute Gasteiger partial charge is 0.267 e. The highest BCUT2D eigenvalue weighted by Crippen LogP contribution is 2.36. The lowest BCUT2D eigenvalue weighted by Gasteiger charge is -2.08. The van der Waals surface area contributed by atoms with Crippen molar-refractivity contribution in [3.63, 3.8) is 0 Å². The zero-order valence-electron chi connectivity index (χ0n) is 15.9. The Hall–Kier alpha value is -3.51. The predicted octanol–water partition coefficient (Wildman–Crippen LogP) is 4.82. The molecule has 3 heterocycles. The molecule has 7 heteroatoms. The van der Waals surface area contributed by atoms with Gasteiger partial charge in [0.1, 0.15) is 29.1 Å². The minimum atomic E-state index is 0.695. The summed E-state index contributed by atoms with van der Waals surface area (Å²) in [5, 5.41) is 9.63. The van der Waals surface area contributed by atoms with Crippen LogP contribution in [0.15, 0.2) is 67.1 Å². The van der Waals surface area contributed by atoms with Gasteiger partial charge in [0.05, 0.1) is 11.9 Å². The maximum Gasteiger partial charge on any atom is 0.137 e. The maximum atomic E-state index is 6.09. The summed E-state index contributed by atoms with van der Waals surface area (Å²) in [6, 6.07) is 17.8. The number of halogens is 1. The Kier molecular flexibility index (Phi) is 4.14. The van der Waals surface area contributed by atoms with E-state index >= 15 is 0 Å². The topological polar surface area (TPSA) is 60.9 Å². The fourth-order valence-corrected chi connectivity index (χ4v) is 3.76. The highest BCUT2D eigenvalue weighted by Gasteiger charge is 2.22. The second-order valence-electron chi connectivity index (χ2n) is 6.78. The lowest BCUT2D eigenvalue weighted by atomic mass is 10.0. The van der Waals surface area contributed by atoms with Gasteiger partial charge in [-0.2, -0.15) is 10.2 Å². The normalized spacial score (nSPS) is 11.3. The highest BCUT2D eigenvalue weighted by atomic mass is 35.5. The number of aryl methyl sites for hydroxylation is 2. The van der Waals surface area contributed by atoms with Crippen LogP contribution in [0.25, 0.3) is 39.3 Å². The molecule has 0 bridgehead atoms. The summed E-state index contributed by atoms with van der Waals surface area (Å²) in [7, 11) is 1.92. The number of fused-ring (bicyclic) bond motifs is 1. The molecule has 0 radical (unpaired) electrons. The molecule has 0 saturated heterocycles. The number of aromatic nitrogens is 6. The monoisotopic (exact) mass is 400 g/mol. The van der Waals surface area contributed by atoms with E-state index in [1.165, 1.54) is 0 Å². The van der Waals surface area contributed by atoms with Crippen LogP contribution in [0.5, 0.6) is 0 Å². The molecule has 5 aromatic rings. The molecule has 2 aromatic carbocycles. The van der Waals surface area contributed by atoms with Crippen molar-refractivity contribution in [1.82, 2.24) is 29.4 Å². The van der Waals surface area contributed by atoms with Gasteiger partial charge in [-0.1, -0.05) is 54.1 Å². The molecule has 6 nitrogen and oxygen atoms in total. The standard InChI is InChI=1S/C22H17ClN6/c1-14-27-20(18-12-25-28(2)21(18)16-8-10-17(23)11-9-16)22-19(24-13-26-29(14)22)15-6-4-3-5-7-15/h3-13H,1-2H3. The van der Waals surface area contributed by atoms with Gasteiger partial charge in [0.2, 0.25) is 0 Å². The van der Waals surface area contributed by atoms with Crippen molar-refractivity contribution in [2.75, 3.05) is 0 Å². The molecule has 0 amide bonds. The smallest absolute Gasteiger partial charge is 0.137 e. The number of hydrogen-bond acceptors (Lipinski definition) is 4. The first-order chi connectivity index (χ1) is 14.1. The summed E-state index contributed by atoms with van der Waals surface area (Å²) in [6.45, 7) is 1.94. The van der Waals surface area contributed by atoms with Gasteiger partial charge in [-0.05, 0) is 19.1 Å².